The van der Waals surface area contributed by atoms with E-state index in [-0.39, 0.29) is 24.0 Å². The predicted molar refractivity (Wildman–Crippen MR) is 116 cm³/mol. The van der Waals surface area contributed by atoms with Crippen LogP contribution in [0.1, 0.15) is 42.1 Å². The summed E-state index contributed by atoms with van der Waals surface area (Å²) in [6, 6.07) is 6.26. The average Bonchev–Trinajstić information content (AvgIpc) is 3.40. The van der Waals surface area contributed by atoms with E-state index in [4.69, 9.17) is 9.47 Å². The predicted octanol–water partition coefficient (Wildman–Crippen LogP) is 4.18. The molecule has 1 atom stereocenters. The summed E-state index contributed by atoms with van der Waals surface area (Å²) in [5.41, 5.74) is 5.23. The van der Waals surface area contributed by atoms with E-state index in [2.05, 4.69) is 51.2 Å². The highest BCUT2D eigenvalue weighted by Gasteiger charge is 2.42. The molecule has 6 nitrogen and oxygen atoms in total. The molecule has 4 heterocycles. The lowest BCUT2D eigenvalue weighted by Crippen LogP contribution is -2.48. The summed E-state index contributed by atoms with van der Waals surface area (Å²) in [5.74, 6) is 0.850. The van der Waals surface area contributed by atoms with Crippen molar-refractivity contribution < 1.29 is 14.3 Å². The number of aromatic nitrogens is 2. The number of benzene rings is 1. The fourth-order valence-electron chi connectivity index (χ4n) is 4.47. The van der Waals surface area contributed by atoms with Crippen molar-refractivity contribution in [2.75, 3.05) is 13.2 Å². The van der Waals surface area contributed by atoms with Crippen molar-refractivity contribution in [1.82, 2.24) is 15.3 Å². The van der Waals surface area contributed by atoms with Gasteiger partial charge in [0.15, 0.2) is 0 Å². The van der Waals surface area contributed by atoms with Crippen LogP contribution in [0.2, 0.25) is 0 Å². The van der Waals surface area contributed by atoms with Crippen LogP contribution in [0.5, 0.6) is 5.75 Å². The zero-order chi connectivity index (χ0) is 20.6. The number of aryl methyl sites for hydroxylation is 1. The summed E-state index contributed by atoms with van der Waals surface area (Å²) in [4.78, 5) is 19.8. The molecule has 2 aliphatic rings. The Morgan fingerprint density at radius 3 is 2.93 bits per heavy atom. The molecule has 5 rings (SSSR count). The molecule has 2 aliphatic heterocycles. The molecule has 2 aromatic heterocycles. The molecule has 30 heavy (non-hydrogen) atoms. The maximum Gasteiger partial charge on any atom is 0.226 e. The lowest BCUT2D eigenvalue weighted by molar-refractivity contribution is -0.122. The van der Waals surface area contributed by atoms with Gasteiger partial charge in [-0.1, -0.05) is 6.07 Å². The maximum absolute atomic E-state index is 12.8. The summed E-state index contributed by atoms with van der Waals surface area (Å²) in [6.45, 7) is 3.51. The van der Waals surface area contributed by atoms with Crippen molar-refractivity contribution in [1.29, 1.82) is 0 Å². The number of thiophene rings is 1. The van der Waals surface area contributed by atoms with Gasteiger partial charge < -0.3 is 19.8 Å². The van der Waals surface area contributed by atoms with Gasteiger partial charge >= 0.3 is 0 Å². The van der Waals surface area contributed by atoms with Gasteiger partial charge in [0.05, 0.1) is 32.0 Å². The first-order valence-electron chi connectivity index (χ1n) is 10.3. The summed E-state index contributed by atoms with van der Waals surface area (Å²) in [7, 11) is 0. The van der Waals surface area contributed by atoms with Gasteiger partial charge in [-0.25, -0.2) is 4.98 Å². The van der Waals surface area contributed by atoms with Crippen LogP contribution in [0.15, 0.2) is 41.5 Å². The fraction of sp³-hybridized carbons (Fsp3) is 0.391. The van der Waals surface area contributed by atoms with Gasteiger partial charge in [0.25, 0.3) is 0 Å². The Labute approximate surface area is 179 Å². The molecule has 0 radical (unpaired) electrons. The molecular formula is C23H25N3O3S. The SMILES string of the molecule is Cc1cscc1-c1ccc2c(c1)C(NC(=O)Cc1cnc[nH]1)CC1(CCOCC1)O2. The monoisotopic (exact) mass is 423 g/mol. The topological polar surface area (TPSA) is 76.2 Å². The molecule has 2 N–H and O–H groups in total. The number of nitrogens with one attached hydrogen (secondary N) is 2. The summed E-state index contributed by atoms with van der Waals surface area (Å²) in [6.07, 6.45) is 6.00. The number of fused-ring (bicyclic) bond motifs is 1. The van der Waals surface area contributed by atoms with Crippen molar-refractivity contribution in [3.05, 3.63) is 58.3 Å². The fourth-order valence-corrected chi connectivity index (χ4v) is 5.33. The highest BCUT2D eigenvalue weighted by atomic mass is 32.1. The standard InChI is InChI=1S/C23H25N3O3S/c1-15-12-30-13-19(15)16-2-3-21-18(8-16)20(10-23(29-21)4-6-28-7-5-23)26-22(27)9-17-11-24-14-25-17/h2-3,8,11-14,20H,4-7,9-10H2,1H3,(H,24,25)(H,26,27). The first-order chi connectivity index (χ1) is 14.6. The molecule has 156 valence electrons. The van der Waals surface area contributed by atoms with Crippen molar-refractivity contribution in [2.24, 2.45) is 0 Å². The van der Waals surface area contributed by atoms with Gasteiger partial charge in [-0.3, -0.25) is 4.79 Å². The summed E-state index contributed by atoms with van der Waals surface area (Å²) in [5, 5.41) is 7.60. The van der Waals surface area contributed by atoms with Crippen LogP contribution in [0.4, 0.5) is 0 Å². The third-order valence-corrected chi connectivity index (χ3v) is 6.96. The van der Waals surface area contributed by atoms with Crippen LogP contribution in [0.25, 0.3) is 11.1 Å². The zero-order valence-electron chi connectivity index (χ0n) is 16.9. The number of carbonyl (C=O) groups is 1. The molecule has 1 aromatic carbocycles. The number of imidazole rings is 1. The summed E-state index contributed by atoms with van der Waals surface area (Å²) >= 11 is 1.71. The van der Waals surface area contributed by atoms with Crippen LogP contribution in [-0.4, -0.2) is 34.7 Å². The minimum atomic E-state index is -0.281. The largest absolute Gasteiger partial charge is 0.487 e. The second-order valence-electron chi connectivity index (χ2n) is 8.20. The number of aromatic amines is 1. The van der Waals surface area contributed by atoms with E-state index in [0.29, 0.717) is 13.2 Å². The van der Waals surface area contributed by atoms with Crippen LogP contribution in [0, 0.1) is 6.92 Å². The van der Waals surface area contributed by atoms with E-state index >= 15 is 0 Å². The zero-order valence-corrected chi connectivity index (χ0v) is 17.8. The van der Waals surface area contributed by atoms with Gasteiger partial charge in [0.1, 0.15) is 11.4 Å². The van der Waals surface area contributed by atoms with Gasteiger partial charge in [-0.05, 0) is 46.5 Å². The van der Waals surface area contributed by atoms with E-state index in [1.807, 2.05) is 0 Å². The number of hydrogen-bond acceptors (Lipinski definition) is 5. The smallest absolute Gasteiger partial charge is 0.226 e. The van der Waals surface area contributed by atoms with Crippen molar-refractivity contribution in [3.8, 4) is 16.9 Å². The lowest BCUT2D eigenvalue weighted by Gasteiger charge is -2.44. The first kappa shape index (κ1) is 19.3. The van der Waals surface area contributed by atoms with E-state index in [1.54, 1.807) is 23.9 Å². The highest BCUT2D eigenvalue weighted by molar-refractivity contribution is 7.08. The van der Waals surface area contributed by atoms with Crippen molar-refractivity contribution in [3.63, 3.8) is 0 Å². The second kappa shape index (κ2) is 7.89. The Morgan fingerprint density at radius 2 is 2.20 bits per heavy atom. The Morgan fingerprint density at radius 1 is 1.33 bits per heavy atom. The molecule has 1 unspecified atom stereocenters. The third kappa shape index (κ3) is 3.75. The Bertz CT molecular complexity index is 1040. The Balaban J connectivity index is 1.47. The molecule has 7 heteroatoms. The second-order valence-corrected chi connectivity index (χ2v) is 8.94. The number of amides is 1. The molecule has 1 fully saturated rings. The van der Waals surface area contributed by atoms with E-state index in [1.165, 1.54) is 11.1 Å². The van der Waals surface area contributed by atoms with Crippen LogP contribution in [0.3, 0.4) is 0 Å². The maximum atomic E-state index is 12.8. The van der Waals surface area contributed by atoms with Gasteiger partial charge in [-0.2, -0.15) is 11.3 Å². The van der Waals surface area contributed by atoms with E-state index in [0.717, 1.165) is 41.8 Å². The highest BCUT2D eigenvalue weighted by Crippen LogP contribution is 2.45. The molecular weight excluding hydrogens is 398 g/mol. The Kier molecular flexibility index (Phi) is 5.08. The average molecular weight is 424 g/mol. The van der Waals surface area contributed by atoms with Gasteiger partial charge in [0, 0.05) is 36.7 Å². The van der Waals surface area contributed by atoms with Crippen LogP contribution >= 0.6 is 11.3 Å². The van der Waals surface area contributed by atoms with Crippen molar-refractivity contribution in [2.45, 2.75) is 44.2 Å². The molecule has 0 bridgehead atoms. The van der Waals surface area contributed by atoms with E-state index in [9.17, 15) is 4.79 Å². The lowest BCUT2D eigenvalue weighted by atomic mass is 9.81. The molecule has 0 saturated carbocycles. The molecule has 0 aliphatic carbocycles. The normalized spacial score (nSPS) is 19.8. The molecule has 3 aromatic rings. The number of nitrogens with zero attached hydrogens (tertiary/aromatic N) is 1. The van der Waals surface area contributed by atoms with Crippen LogP contribution in [-0.2, 0) is 16.0 Å². The minimum absolute atomic E-state index is 0.0172. The van der Waals surface area contributed by atoms with Crippen LogP contribution < -0.4 is 10.1 Å². The first-order valence-corrected chi connectivity index (χ1v) is 11.3. The number of rotatable bonds is 4. The molecule has 1 spiro atoms. The molecule has 1 saturated heterocycles. The molecule has 1 amide bonds. The van der Waals surface area contributed by atoms with E-state index < -0.39 is 0 Å². The third-order valence-electron chi connectivity index (χ3n) is 6.10. The minimum Gasteiger partial charge on any atom is -0.487 e. The number of carbonyl (C=O) groups excluding carboxylic acids is 1. The number of ether oxygens (including phenoxy) is 2. The number of H-pyrrole nitrogens is 1. The summed E-state index contributed by atoms with van der Waals surface area (Å²) < 4.78 is 12.1. The Hall–Kier alpha value is -2.64. The van der Waals surface area contributed by atoms with Crippen molar-refractivity contribution >= 4 is 17.2 Å². The van der Waals surface area contributed by atoms with Gasteiger partial charge in [0.2, 0.25) is 5.91 Å². The quantitative estimate of drug-likeness (QED) is 0.660. The number of hydrogen-bond donors (Lipinski definition) is 2. The van der Waals surface area contributed by atoms with Gasteiger partial charge in [-0.15, -0.1) is 0 Å².